The molecule has 112 valence electrons. The molecule has 5 unspecified atom stereocenters. The van der Waals surface area contributed by atoms with Crippen molar-refractivity contribution in [2.75, 3.05) is 0 Å². The number of rotatable bonds is 5. The minimum absolute atomic E-state index is 0.0619. The highest BCUT2D eigenvalue weighted by atomic mass is 32.7. The predicted molar refractivity (Wildman–Crippen MR) is 83.0 cm³/mol. The minimum atomic E-state index is -2.01. The smallest absolute Gasteiger partial charge is 0.344 e. The van der Waals surface area contributed by atoms with Gasteiger partial charge < -0.3 is 9.47 Å². The van der Waals surface area contributed by atoms with Gasteiger partial charge in [-0.05, 0) is 19.1 Å². The Morgan fingerprint density at radius 3 is 2.16 bits per heavy atom. The third-order valence-electron chi connectivity index (χ3n) is 3.04. The second-order valence-electron chi connectivity index (χ2n) is 5.83. The third-order valence-corrected chi connectivity index (χ3v) is 6.17. The van der Waals surface area contributed by atoms with E-state index < -0.39 is 12.8 Å². The second kappa shape index (κ2) is 7.15. The molecule has 0 bridgehead atoms. The average Bonchev–Trinajstić information content (AvgIpc) is 2.27. The molecule has 1 aliphatic heterocycles. The maximum Gasteiger partial charge on any atom is 0.585 e. The van der Waals surface area contributed by atoms with Crippen LogP contribution in [0.25, 0.3) is 0 Å². The Morgan fingerprint density at radius 1 is 1.21 bits per heavy atom. The summed E-state index contributed by atoms with van der Waals surface area (Å²) >= 11 is 3.89. The lowest BCUT2D eigenvalue weighted by Gasteiger charge is -2.45. The molecule has 0 saturated carbocycles. The van der Waals surface area contributed by atoms with Gasteiger partial charge in [-0.25, -0.2) is 0 Å². The summed E-state index contributed by atoms with van der Waals surface area (Å²) in [6, 6.07) is 0. The first kappa shape index (κ1) is 17.8. The molecule has 1 aliphatic rings. The molecular weight excluding hydrogens is 302 g/mol. The summed E-state index contributed by atoms with van der Waals surface area (Å²) in [5.41, 5.74) is -0.850. The Labute approximate surface area is 124 Å². The van der Waals surface area contributed by atoms with Crippen LogP contribution < -0.4 is 0 Å². The van der Waals surface area contributed by atoms with Crippen LogP contribution in [0.4, 0.5) is 0 Å². The van der Waals surface area contributed by atoms with Crippen molar-refractivity contribution in [2.45, 2.75) is 59.2 Å². The van der Waals surface area contributed by atoms with Crippen LogP contribution in [0.15, 0.2) is 0 Å². The molecule has 0 aromatic rings. The maximum absolute atomic E-state index is 11.4. The van der Waals surface area contributed by atoms with Crippen molar-refractivity contribution >= 4 is 28.1 Å². The SMILES string of the molecule is CC(C)C1OC(C(C)C)PC(O[P+](=O)S)(C(C)C)O1. The first-order chi connectivity index (χ1) is 8.68. The molecule has 19 heavy (non-hydrogen) atoms. The van der Waals surface area contributed by atoms with E-state index in [0.29, 0.717) is 5.92 Å². The van der Waals surface area contributed by atoms with Crippen molar-refractivity contribution in [1.29, 1.82) is 0 Å². The standard InChI is InChI=1S/C12H24O4P2S/c1-7(2)10-14-11(8(3)4)17-12(15-10,9(5)6)16-18(13)19/h7-11,17H,1-6H3/p+1. The number of ether oxygens (including phenoxy) is 2. The van der Waals surface area contributed by atoms with Gasteiger partial charge in [-0.3, -0.25) is 0 Å². The van der Waals surface area contributed by atoms with Gasteiger partial charge >= 0.3 is 7.23 Å². The quantitative estimate of drug-likeness (QED) is 0.592. The van der Waals surface area contributed by atoms with E-state index >= 15 is 0 Å². The Bertz CT molecular complexity index is 307. The van der Waals surface area contributed by atoms with Crippen LogP contribution in [0.3, 0.4) is 0 Å². The largest absolute Gasteiger partial charge is 0.585 e. The molecule has 7 heteroatoms. The van der Waals surface area contributed by atoms with Gasteiger partial charge in [0.15, 0.2) is 6.29 Å². The van der Waals surface area contributed by atoms with E-state index in [1.54, 1.807) is 0 Å². The van der Waals surface area contributed by atoms with Crippen LogP contribution >= 0.6 is 28.1 Å². The van der Waals surface area contributed by atoms with Gasteiger partial charge in [0.05, 0.1) is 5.85 Å². The molecule has 4 nitrogen and oxygen atoms in total. The van der Waals surface area contributed by atoms with Crippen LogP contribution in [0.5, 0.6) is 0 Å². The van der Waals surface area contributed by atoms with Crippen molar-refractivity contribution in [3.05, 3.63) is 0 Å². The number of hydrogen-bond donors (Lipinski definition) is 1. The van der Waals surface area contributed by atoms with E-state index in [9.17, 15) is 4.57 Å². The lowest BCUT2D eigenvalue weighted by atomic mass is 10.1. The topological polar surface area (TPSA) is 44.8 Å². The van der Waals surface area contributed by atoms with Crippen LogP contribution in [0.2, 0.25) is 0 Å². The van der Waals surface area contributed by atoms with Gasteiger partial charge in [-0.1, -0.05) is 46.1 Å². The maximum atomic E-state index is 11.4. The molecule has 0 aromatic heterocycles. The summed E-state index contributed by atoms with van der Waals surface area (Å²) in [5, 5.41) is 0. The van der Waals surface area contributed by atoms with Gasteiger partial charge in [0.25, 0.3) is 0 Å². The van der Waals surface area contributed by atoms with Crippen LogP contribution in [0.1, 0.15) is 41.5 Å². The highest BCUT2D eigenvalue weighted by Gasteiger charge is 2.52. The molecule has 0 N–H and O–H groups in total. The number of thiol groups is 1. The summed E-state index contributed by atoms with van der Waals surface area (Å²) < 4.78 is 29.0. The van der Waals surface area contributed by atoms with E-state index in [4.69, 9.17) is 14.0 Å². The van der Waals surface area contributed by atoms with Gasteiger partial charge in [-0.2, -0.15) is 0 Å². The Kier molecular flexibility index (Phi) is 6.71. The Morgan fingerprint density at radius 2 is 1.79 bits per heavy atom. The van der Waals surface area contributed by atoms with Crippen molar-refractivity contribution in [3.63, 3.8) is 0 Å². The van der Waals surface area contributed by atoms with E-state index in [2.05, 4.69) is 26.1 Å². The Hall–Kier alpha value is 0.760. The van der Waals surface area contributed by atoms with E-state index in [1.807, 2.05) is 27.7 Å². The molecule has 1 fully saturated rings. The molecule has 0 aromatic carbocycles. The van der Waals surface area contributed by atoms with Crippen LogP contribution in [0, 0.1) is 17.8 Å². The summed E-state index contributed by atoms with van der Waals surface area (Å²) in [4.78, 5) is 0. The third kappa shape index (κ3) is 4.62. The molecule has 1 heterocycles. The minimum Gasteiger partial charge on any atom is -0.344 e. The molecule has 1 saturated heterocycles. The lowest BCUT2D eigenvalue weighted by molar-refractivity contribution is -0.289. The first-order valence-electron chi connectivity index (χ1n) is 6.64. The van der Waals surface area contributed by atoms with Crippen LogP contribution in [-0.2, 0) is 18.6 Å². The summed E-state index contributed by atoms with van der Waals surface area (Å²) in [6.45, 7) is 12.3. The highest BCUT2D eigenvalue weighted by molar-refractivity contribution is 8.39. The van der Waals surface area contributed by atoms with Gasteiger partial charge in [0.2, 0.25) is 5.53 Å². The fourth-order valence-corrected chi connectivity index (χ4v) is 4.79. The van der Waals surface area contributed by atoms with Crippen molar-refractivity contribution in [3.8, 4) is 0 Å². The van der Waals surface area contributed by atoms with Crippen molar-refractivity contribution < 1.29 is 18.6 Å². The van der Waals surface area contributed by atoms with E-state index in [0.717, 1.165) is 0 Å². The first-order valence-corrected chi connectivity index (χ1v) is 10.0. The monoisotopic (exact) mass is 327 g/mol. The second-order valence-corrected chi connectivity index (χ2v) is 9.02. The molecule has 1 rings (SSSR count). The normalized spacial score (nSPS) is 34.5. The molecule has 0 radical (unpaired) electrons. The van der Waals surface area contributed by atoms with Crippen molar-refractivity contribution in [2.24, 2.45) is 17.8 Å². The van der Waals surface area contributed by atoms with Crippen molar-refractivity contribution in [1.82, 2.24) is 0 Å². The molecule has 0 aliphatic carbocycles. The summed E-state index contributed by atoms with van der Waals surface area (Å²) in [7, 11) is -1.72. The fraction of sp³-hybridized carbons (Fsp3) is 1.00. The van der Waals surface area contributed by atoms with Crippen LogP contribution in [-0.4, -0.2) is 17.7 Å². The van der Waals surface area contributed by atoms with Gasteiger partial charge in [-0.15, -0.1) is 0 Å². The van der Waals surface area contributed by atoms with Gasteiger partial charge in [0.1, 0.15) is 12.2 Å². The average molecular weight is 327 g/mol. The lowest BCUT2D eigenvalue weighted by Crippen LogP contribution is -2.48. The van der Waals surface area contributed by atoms with Gasteiger partial charge in [0, 0.05) is 11.8 Å². The predicted octanol–water partition coefficient (Wildman–Crippen LogP) is 4.59. The molecule has 0 amide bonds. The zero-order valence-electron chi connectivity index (χ0n) is 12.4. The van der Waals surface area contributed by atoms with E-state index in [-0.39, 0.29) is 32.6 Å². The summed E-state index contributed by atoms with van der Waals surface area (Å²) in [6.07, 6.45) is -0.334. The van der Waals surface area contributed by atoms with E-state index in [1.165, 1.54) is 0 Å². The number of hydrogen-bond acceptors (Lipinski definition) is 4. The zero-order valence-corrected chi connectivity index (χ0v) is 15.2. The molecular formula is C12H25O4P2S+. The fourth-order valence-electron chi connectivity index (χ4n) is 1.80. The molecule has 5 atom stereocenters. The Balaban J connectivity index is 3.02. The summed E-state index contributed by atoms with van der Waals surface area (Å²) in [5.74, 6) is 0.726. The highest BCUT2D eigenvalue weighted by Crippen LogP contribution is 2.55. The molecule has 0 spiro atoms. The zero-order chi connectivity index (χ0) is 14.8.